The van der Waals surface area contributed by atoms with Gasteiger partial charge in [-0.2, -0.15) is 0 Å². The van der Waals surface area contributed by atoms with E-state index in [0.717, 1.165) is 13.0 Å². The zero-order chi connectivity index (χ0) is 15.4. The van der Waals surface area contributed by atoms with E-state index in [0.29, 0.717) is 6.04 Å². The first-order chi connectivity index (χ1) is 10.0. The minimum Gasteiger partial charge on any atom is -0.309 e. The third-order valence-corrected chi connectivity index (χ3v) is 5.49. The highest BCUT2D eigenvalue weighted by atomic mass is 32.1. The maximum atomic E-state index is 3.74. The average Bonchev–Trinajstić information content (AvgIpc) is 2.77. The van der Waals surface area contributed by atoms with Crippen LogP contribution in [0.25, 0.3) is 0 Å². The summed E-state index contributed by atoms with van der Waals surface area (Å²) in [7, 11) is 0. The van der Waals surface area contributed by atoms with Crippen LogP contribution in [-0.2, 0) is 6.42 Å². The molecule has 0 aliphatic rings. The van der Waals surface area contributed by atoms with E-state index in [2.05, 4.69) is 64.2 Å². The van der Waals surface area contributed by atoms with Gasteiger partial charge < -0.3 is 5.32 Å². The van der Waals surface area contributed by atoms with Gasteiger partial charge in [-0.25, -0.2) is 0 Å². The lowest BCUT2D eigenvalue weighted by Crippen LogP contribution is -2.24. The zero-order valence-corrected chi connectivity index (χ0v) is 14.7. The van der Waals surface area contributed by atoms with Crippen LogP contribution in [0, 0.1) is 27.7 Å². The molecule has 1 aromatic carbocycles. The Labute approximate surface area is 133 Å². The van der Waals surface area contributed by atoms with Crippen molar-refractivity contribution in [3.8, 4) is 0 Å². The molecule has 1 unspecified atom stereocenters. The maximum Gasteiger partial charge on any atom is 0.0456 e. The molecule has 0 aliphatic carbocycles. The van der Waals surface area contributed by atoms with Gasteiger partial charge in [-0.1, -0.05) is 25.1 Å². The predicted molar refractivity (Wildman–Crippen MR) is 94.4 cm³/mol. The normalized spacial score (nSPS) is 12.6. The minimum atomic E-state index is 0.433. The fourth-order valence-corrected chi connectivity index (χ4v) is 3.86. The predicted octanol–water partition coefficient (Wildman–Crippen LogP) is 5.27. The second-order valence-electron chi connectivity index (χ2n) is 5.97. The third kappa shape index (κ3) is 3.96. The van der Waals surface area contributed by atoms with E-state index in [1.165, 1.54) is 38.4 Å². The number of rotatable bonds is 6. The molecule has 2 aromatic rings. The van der Waals surface area contributed by atoms with E-state index in [-0.39, 0.29) is 0 Å². The third-order valence-electron chi connectivity index (χ3n) is 4.22. The number of aryl methyl sites for hydroxylation is 4. The van der Waals surface area contributed by atoms with Crippen molar-refractivity contribution in [3.05, 3.63) is 56.3 Å². The second kappa shape index (κ2) is 7.24. The second-order valence-corrected chi connectivity index (χ2v) is 7.26. The van der Waals surface area contributed by atoms with Crippen molar-refractivity contribution in [2.75, 3.05) is 6.54 Å². The van der Waals surface area contributed by atoms with Gasteiger partial charge in [0.25, 0.3) is 0 Å². The summed E-state index contributed by atoms with van der Waals surface area (Å²) in [5.74, 6) is 0. The summed E-state index contributed by atoms with van der Waals surface area (Å²) in [6.07, 6.45) is 2.25. The molecular formula is C19H27NS. The SMILES string of the molecule is CCCNC(Cc1c(C)cccc1C)c1cc(C)c(C)s1. The Morgan fingerprint density at radius 1 is 1.05 bits per heavy atom. The molecule has 1 nitrogen and oxygen atoms in total. The van der Waals surface area contributed by atoms with Crippen molar-refractivity contribution in [3.63, 3.8) is 0 Å². The van der Waals surface area contributed by atoms with E-state index < -0.39 is 0 Å². The van der Waals surface area contributed by atoms with Crippen LogP contribution in [0.15, 0.2) is 24.3 Å². The van der Waals surface area contributed by atoms with Gasteiger partial charge in [0.05, 0.1) is 0 Å². The smallest absolute Gasteiger partial charge is 0.0456 e. The van der Waals surface area contributed by atoms with Crippen LogP contribution in [0.5, 0.6) is 0 Å². The van der Waals surface area contributed by atoms with Gasteiger partial charge in [-0.3, -0.25) is 0 Å². The summed E-state index contributed by atoms with van der Waals surface area (Å²) in [4.78, 5) is 2.91. The van der Waals surface area contributed by atoms with E-state index in [9.17, 15) is 0 Å². The molecule has 1 heterocycles. The van der Waals surface area contributed by atoms with Gasteiger partial charge in [0.1, 0.15) is 0 Å². The lowest BCUT2D eigenvalue weighted by molar-refractivity contribution is 0.534. The van der Waals surface area contributed by atoms with Gasteiger partial charge in [0, 0.05) is 15.8 Å². The fourth-order valence-electron chi connectivity index (χ4n) is 2.74. The molecule has 0 saturated heterocycles. The van der Waals surface area contributed by atoms with Crippen molar-refractivity contribution in [2.45, 2.75) is 53.5 Å². The molecule has 0 fully saturated rings. The molecule has 2 rings (SSSR count). The van der Waals surface area contributed by atoms with Gasteiger partial charge in [-0.05, 0) is 75.4 Å². The van der Waals surface area contributed by atoms with Crippen molar-refractivity contribution < 1.29 is 0 Å². The van der Waals surface area contributed by atoms with Crippen LogP contribution in [0.1, 0.15) is 51.4 Å². The first kappa shape index (κ1) is 16.3. The molecule has 0 radical (unpaired) electrons. The molecule has 0 bridgehead atoms. The zero-order valence-electron chi connectivity index (χ0n) is 13.9. The van der Waals surface area contributed by atoms with Crippen LogP contribution in [0.4, 0.5) is 0 Å². The highest BCUT2D eigenvalue weighted by molar-refractivity contribution is 7.12. The van der Waals surface area contributed by atoms with Gasteiger partial charge in [0.2, 0.25) is 0 Å². The van der Waals surface area contributed by atoms with Gasteiger partial charge in [-0.15, -0.1) is 11.3 Å². The summed E-state index contributed by atoms with van der Waals surface area (Å²) < 4.78 is 0. The number of benzene rings is 1. The lowest BCUT2D eigenvalue weighted by Gasteiger charge is -2.20. The first-order valence-corrected chi connectivity index (χ1v) is 8.70. The maximum absolute atomic E-state index is 3.74. The van der Waals surface area contributed by atoms with Crippen molar-refractivity contribution in [1.82, 2.24) is 5.32 Å². The quantitative estimate of drug-likeness (QED) is 0.767. The van der Waals surface area contributed by atoms with Crippen LogP contribution in [0.2, 0.25) is 0 Å². The molecule has 0 aliphatic heterocycles. The van der Waals surface area contributed by atoms with E-state index >= 15 is 0 Å². The van der Waals surface area contributed by atoms with Gasteiger partial charge in [0.15, 0.2) is 0 Å². The summed E-state index contributed by atoms with van der Waals surface area (Å²) in [5, 5.41) is 3.74. The van der Waals surface area contributed by atoms with E-state index in [1.807, 2.05) is 11.3 Å². The molecule has 0 amide bonds. The summed E-state index contributed by atoms with van der Waals surface area (Å²) in [5.41, 5.74) is 5.72. The van der Waals surface area contributed by atoms with Crippen molar-refractivity contribution >= 4 is 11.3 Å². The fraction of sp³-hybridized carbons (Fsp3) is 0.474. The largest absolute Gasteiger partial charge is 0.309 e. The molecular weight excluding hydrogens is 274 g/mol. The average molecular weight is 301 g/mol. The van der Waals surface area contributed by atoms with Crippen LogP contribution < -0.4 is 5.32 Å². The minimum absolute atomic E-state index is 0.433. The highest BCUT2D eigenvalue weighted by Gasteiger charge is 2.17. The Bertz CT molecular complexity index is 558. The topological polar surface area (TPSA) is 12.0 Å². The van der Waals surface area contributed by atoms with Crippen molar-refractivity contribution in [1.29, 1.82) is 0 Å². The molecule has 0 saturated carbocycles. The molecule has 0 spiro atoms. The van der Waals surface area contributed by atoms with Crippen LogP contribution in [-0.4, -0.2) is 6.54 Å². The summed E-state index contributed by atoms with van der Waals surface area (Å²) in [6, 6.07) is 9.40. The molecule has 1 aromatic heterocycles. The highest BCUT2D eigenvalue weighted by Crippen LogP contribution is 2.30. The number of nitrogens with one attached hydrogen (secondary N) is 1. The van der Waals surface area contributed by atoms with E-state index in [4.69, 9.17) is 0 Å². The number of hydrogen-bond acceptors (Lipinski definition) is 2. The standard InChI is InChI=1S/C19H27NS/c1-6-10-20-18(19-11-15(4)16(5)21-19)12-17-13(2)8-7-9-14(17)3/h7-9,11,18,20H,6,10,12H2,1-5H3. The molecule has 114 valence electrons. The Morgan fingerprint density at radius 3 is 2.24 bits per heavy atom. The number of hydrogen-bond donors (Lipinski definition) is 1. The summed E-state index contributed by atoms with van der Waals surface area (Å²) >= 11 is 1.94. The van der Waals surface area contributed by atoms with Crippen LogP contribution in [0.3, 0.4) is 0 Å². The Morgan fingerprint density at radius 2 is 1.71 bits per heavy atom. The van der Waals surface area contributed by atoms with Gasteiger partial charge >= 0.3 is 0 Å². The first-order valence-electron chi connectivity index (χ1n) is 7.88. The molecule has 2 heteroatoms. The van der Waals surface area contributed by atoms with Crippen molar-refractivity contribution in [2.24, 2.45) is 0 Å². The Kier molecular flexibility index (Phi) is 5.60. The molecule has 1 N–H and O–H groups in total. The summed E-state index contributed by atoms with van der Waals surface area (Å²) in [6.45, 7) is 12.2. The molecule has 21 heavy (non-hydrogen) atoms. The Hall–Kier alpha value is -1.12. The van der Waals surface area contributed by atoms with E-state index in [1.54, 1.807) is 0 Å². The van der Waals surface area contributed by atoms with Crippen LogP contribution >= 0.6 is 11.3 Å². The Balaban J connectivity index is 2.28. The molecule has 1 atom stereocenters. The monoisotopic (exact) mass is 301 g/mol. The number of thiophene rings is 1. The lowest BCUT2D eigenvalue weighted by atomic mass is 9.95.